The van der Waals surface area contributed by atoms with Crippen LogP contribution in [0.3, 0.4) is 0 Å². The van der Waals surface area contributed by atoms with Crippen LogP contribution in [0.4, 0.5) is 34.1 Å². The predicted molar refractivity (Wildman–Crippen MR) is 292 cm³/mol. The number of hydrogen-bond donors (Lipinski definition) is 0. The second-order valence-corrected chi connectivity index (χ2v) is 17.4. The molecule has 3 heteroatoms. The van der Waals surface area contributed by atoms with Crippen molar-refractivity contribution in [2.75, 3.05) is 9.80 Å². The van der Waals surface area contributed by atoms with Crippen LogP contribution in [0.1, 0.15) is 0 Å². The molecule has 3 nitrogen and oxygen atoms in total. The molecule has 0 saturated heterocycles. The smallest absolute Gasteiger partial charge is 0.0541 e. The normalized spacial score (nSPS) is 11.2. The molecule has 12 aromatic rings. The van der Waals surface area contributed by atoms with Crippen LogP contribution < -0.4 is 9.80 Å². The molecule has 0 N–H and O–H groups in total. The standard InChI is InChI=1S/C66H47N3/c1-6-16-48(17-7-1)50-26-36-59(37-27-50)67(56-20-10-3-11-21-56)61-40-30-52(31-41-61)54-34-44-65-63(46-54)64-47-55(35-45-66(64)69(65)58-24-14-5-15-25-58)53-32-42-62(43-33-53)68(57-22-12-4-13-23-57)60-38-28-51(29-39-60)49-18-8-2-9-19-49/h1-47H. The lowest BCUT2D eigenvalue weighted by Crippen LogP contribution is -2.09. The summed E-state index contributed by atoms with van der Waals surface area (Å²) >= 11 is 0. The van der Waals surface area contributed by atoms with Gasteiger partial charge in [0.05, 0.1) is 11.0 Å². The fraction of sp³-hybridized carbons (Fsp3) is 0. The van der Waals surface area contributed by atoms with Gasteiger partial charge < -0.3 is 14.4 Å². The van der Waals surface area contributed by atoms with Gasteiger partial charge in [0.1, 0.15) is 0 Å². The Kier molecular flexibility index (Phi) is 10.9. The van der Waals surface area contributed by atoms with Crippen molar-refractivity contribution in [3.63, 3.8) is 0 Å². The lowest BCUT2D eigenvalue weighted by molar-refractivity contribution is 1.18. The zero-order chi connectivity index (χ0) is 45.9. The van der Waals surface area contributed by atoms with Crippen LogP contribution >= 0.6 is 0 Å². The Labute approximate surface area is 403 Å². The van der Waals surface area contributed by atoms with Gasteiger partial charge in [0.15, 0.2) is 0 Å². The van der Waals surface area contributed by atoms with Crippen LogP contribution in [-0.4, -0.2) is 4.57 Å². The van der Waals surface area contributed by atoms with Gasteiger partial charge in [-0.15, -0.1) is 0 Å². The van der Waals surface area contributed by atoms with Gasteiger partial charge in [-0.1, -0.05) is 176 Å². The third-order valence-corrected chi connectivity index (χ3v) is 13.2. The first-order valence-electron chi connectivity index (χ1n) is 23.6. The SMILES string of the molecule is c1ccc(-c2ccc(N(c3ccccc3)c3ccc(-c4ccc5c(c4)c4cc(-c6ccc(N(c7ccccc7)c7ccc(-c8ccccc8)cc7)cc6)ccc4n5-c4ccccc4)cc3)cc2)cc1. The summed E-state index contributed by atoms with van der Waals surface area (Å²) in [6.07, 6.45) is 0. The molecule has 0 atom stereocenters. The van der Waals surface area contributed by atoms with Crippen LogP contribution in [0.2, 0.25) is 0 Å². The van der Waals surface area contributed by atoms with Gasteiger partial charge in [-0.3, -0.25) is 0 Å². The van der Waals surface area contributed by atoms with Crippen molar-refractivity contribution in [3.8, 4) is 50.2 Å². The van der Waals surface area contributed by atoms with Crippen molar-refractivity contribution < 1.29 is 0 Å². The molecule has 0 radical (unpaired) electrons. The van der Waals surface area contributed by atoms with Crippen LogP contribution in [0, 0.1) is 0 Å². The maximum Gasteiger partial charge on any atom is 0.0541 e. The number of nitrogens with zero attached hydrogens (tertiary/aromatic N) is 3. The van der Waals surface area contributed by atoms with E-state index in [0.717, 1.165) is 50.9 Å². The Bertz CT molecular complexity index is 3420. The highest BCUT2D eigenvalue weighted by molar-refractivity contribution is 6.11. The molecule has 0 aliphatic heterocycles. The molecule has 0 spiro atoms. The molecule has 0 amide bonds. The maximum atomic E-state index is 2.39. The minimum atomic E-state index is 1.10. The third kappa shape index (κ3) is 8.13. The third-order valence-electron chi connectivity index (χ3n) is 13.2. The second-order valence-electron chi connectivity index (χ2n) is 17.4. The van der Waals surface area contributed by atoms with E-state index in [9.17, 15) is 0 Å². The van der Waals surface area contributed by atoms with Crippen molar-refractivity contribution in [2.24, 2.45) is 0 Å². The van der Waals surface area contributed by atoms with E-state index in [0.29, 0.717) is 0 Å². The number of aromatic nitrogens is 1. The minimum absolute atomic E-state index is 1.10. The fourth-order valence-corrected chi connectivity index (χ4v) is 9.76. The molecule has 1 aromatic heterocycles. The van der Waals surface area contributed by atoms with Crippen LogP contribution in [-0.2, 0) is 0 Å². The number of benzene rings is 11. The first kappa shape index (κ1) is 41.3. The van der Waals surface area contributed by atoms with E-state index in [2.05, 4.69) is 299 Å². The molecule has 0 saturated carbocycles. The largest absolute Gasteiger partial charge is 0.311 e. The first-order valence-corrected chi connectivity index (χ1v) is 23.6. The quantitative estimate of drug-likeness (QED) is 0.128. The Morgan fingerprint density at radius 1 is 0.203 bits per heavy atom. The first-order chi connectivity index (χ1) is 34.2. The number of rotatable bonds is 11. The Morgan fingerprint density at radius 3 is 0.783 bits per heavy atom. The summed E-state index contributed by atoms with van der Waals surface area (Å²) in [7, 11) is 0. The highest BCUT2D eigenvalue weighted by Crippen LogP contribution is 2.41. The monoisotopic (exact) mass is 881 g/mol. The van der Waals surface area contributed by atoms with Crippen molar-refractivity contribution in [1.82, 2.24) is 4.57 Å². The van der Waals surface area contributed by atoms with Crippen molar-refractivity contribution in [3.05, 3.63) is 285 Å². The highest BCUT2D eigenvalue weighted by atomic mass is 15.1. The van der Waals surface area contributed by atoms with E-state index in [4.69, 9.17) is 0 Å². The van der Waals surface area contributed by atoms with E-state index >= 15 is 0 Å². The lowest BCUT2D eigenvalue weighted by atomic mass is 9.99. The molecular weight excluding hydrogens is 835 g/mol. The average Bonchev–Trinajstić information content (AvgIpc) is 3.76. The Balaban J connectivity index is 0.897. The Hall–Kier alpha value is -9.18. The summed E-state index contributed by atoms with van der Waals surface area (Å²) in [4.78, 5) is 4.65. The lowest BCUT2D eigenvalue weighted by Gasteiger charge is -2.26. The molecular formula is C66H47N3. The molecule has 69 heavy (non-hydrogen) atoms. The summed E-state index contributed by atoms with van der Waals surface area (Å²) in [5, 5.41) is 2.43. The molecule has 0 bridgehead atoms. The van der Waals surface area contributed by atoms with Crippen molar-refractivity contribution in [2.45, 2.75) is 0 Å². The van der Waals surface area contributed by atoms with E-state index in [-0.39, 0.29) is 0 Å². The number of fused-ring (bicyclic) bond motifs is 3. The number of hydrogen-bond acceptors (Lipinski definition) is 2. The second kappa shape index (κ2) is 18.2. The van der Waals surface area contributed by atoms with Gasteiger partial charge in [-0.2, -0.15) is 0 Å². The summed E-state index contributed by atoms with van der Waals surface area (Å²) in [5.41, 5.74) is 19.6. The van der Waals surface area contributed by atoms with Gasteiger partial charge in [-0.05, 0) is 154 Å². The molecule has 11 aromatic carbocycles. The fourth-order valence-electron chi connectivity index (χ4n) is 9.76. The number of para-hydroxylation sites is 3. The Morgan fingerprint density at radius 2 is 0.449 bits per heavy atom. The van der Waals surface area contributed by atoms with Gasteiger partial charge in [-0.25, -0.2) is 0 Å². The van der Waals surface area contributed by atoms with Crippen molar-refractivity contribution in [1.29, 1.82) is 0 Å². The van der Waals surface area contributed by atoms with E-state index < -0.39 is 0 Å². The summed E-state index contributed by atoms with van der Waals surface area (Å²) in [6.45, 7) is 0. The molecule has 0 unspecified atom stereocenters. The van der Waals surface area contributed by atoms with E-state index in [1.807, 2.05) is 0 Å². The molecule has 1 heterocycles. The van der Waals surface area contributed by atoms with Gasteiger partial charge in [0, 0.05) is 50.6 Å². The summed E-state index contributed by atoms with van der Waals surface area (Å²) in [5.74, 6) is 0. The minimum Gasteiger partial charge on any atom is -0.311 e. The molecule has 326 valence electrons. The van der Waals surface area contributed by atoms with Crippen molar-refractivity contribution >= 4 is 55.9 Å². The topological polar surface area (TPSA) is 11.4 Å². The summed E-state index contributed by atoms with van der Waals surface area (Å²) in [6, 6.07) is 103. The zero-order valence-electron chi connectivity index (χ0n) is 38.0. The number of anilines is 6. The van der Waals surface area contributed by atoms with Crippen LogP contribution in [0.15, 0.2) is 285 Å². The van der Waals surface area contributed by atoms with Crippen LogP contribution in [0.25, 0.3) is 72.0 Å². The maximum absolute atomic E-state index is 2.39. The zero-order valence-corrected chi connectivity index (χ0v) is 38.0. The molecule has 12 rings (SSSR count). The van der Waals surface area contributed by atoms with Gasteiger partial charge in [0.25, 0.3) is 0 Å². The van der Waals surface area contributed by atoms with E-state index in [1.165, 1.54) is 55.2 Å². The highest BCUT2D eigenvalue weighted by Gasteiger charge is 2.18. The van der Waals surface area contributed by atoms with Crippen LogP contribution in [0.5, 0.6) is 0 Å². The predicted octanol–water partition coefficient (Wildman–Crippen LogP) is 18.4. The van der Waals surface area contributed by atoms with Gasteiger partial charge >= 0.3 is 0 Å². The molecule has 0 aliphatic rings. The average molecular weight is 882 g/mol. The molecule has 0 aliphatic carbocycles. The summed E-state index contributed by atoms with van der Waals surface area (Å²) < 4.78 is 2.39. The molecule has 0 fully saturated rings. The van der Waals surface area contributed by atoms with E-state index in [1.54, 1.807) is 0 Å². The van der Waals surface area contributed by atoms with Gasteiger partial charge in [0.2, 0.25) is 0 Å².